The van der Waals surface area contributed by atoms with Gasteiger partial charge in [-0.25, -0.2) is 4.79 Å². The van der Waals surface area contributed by atoms with Gasteiger partial charge in [0.1, 0.15) is 11.0 Å². The van der Waals surface area contributed by atoms with Crippen LogP contribution >= 0.6 is 12.2 Å². The quantitative estimate of drug-likeness (QED) is 0.392. The number of ether oxygens (including phenoxy) is 1. The second-order valence-electron chi connectivity index (χ2n) is 11.9. The van der Waals surface area contributed by atoms with Gasteiger partial charge in [-0.2, -0.15) is 0 Å². The molecule has 0 bridgehead atoms. The van der Waals surface area contributed by atoms with Crippen LogP contribution in [0.4, 0.5) is 4.79 Å². The van der Waals surface area contributed by atoms with E-state index < -0.39 is 12.1 Å². The van der Waals surface area contributed by atoms with Crippen molar-refractivity contribution < 1.29 is 14.3 Å². The molecule has 2 rings (SSSR count). The van der Waals surface area contributed by atoms with Gasteiger partial charge in [-0.15, -0.1) is 0 Å². The van der Waals surface area contributed by atoms with E-state index in [9.17, 15) is 9.59 Å². The Labute approximate surface area is 212 Å². The van der Waals surface area contributed by atoms with Gasteiger partial charge < -0.3 is 26.0 Å². The molecule has 7 nitrogen and oxygen atoms in total. The number of alkyl carbamates (subject to hydrolysis) is 1. The fraction of sp³-hybridized carbons (Fsp3) is 0.885. The molecular weight excluding hydrogens is 448 g/mol. The maximum absolute atomic E-state index is 13.2. The van der Waals surface area contributed by atoms with Crippen molar-refractivity contribution in [1.29, 1.82) is 0 Å². The van der Waals surface area contributed by atoms with Gasteiger partial charge in [0.2, 0.25) is 5.91 Å². The molecule has 2 fully saturated rings. The fourth-order valence-corrected chi connectivity index (χ4v) is 5.98. The van der Waals surface area contributed by atoms with Crippen molar-refractivity contribution in [2.24, 2.45) is 28.9 Å². The van der Waals surface area contributed by atoms with E-state index >= 15 is 0 Å². The molecular formula is C26H48N4O3S. The van der Waals surface area contributed by atoms with E-state index in [1.807, 2.05) is 18.7 Å². The van der Waals surface area contributed by atoms with Crippen molar-refractivity contribution in [2.75, 3.05) is 19.7 Å². The van der Waals surface area contributed by atoms with Gasteiger partial charge in [-0.1, -0.05) is 53.8 Å². The molecule has 4 N–H and O–H groups in total. The smallest absolute Gasteiger partial charge is 0.407 e. The average Bonchev–Trinajstić information content (AvgIpc) is 3.24. The van der Waals surface area contributed by atoms with Gasteiger partial charge in [-0.3, -0.25) is 4.79 Å². The standard InChI is InChI=1S/C26H48N4O3S/c1-17(2)14-26(5,6)22(29-25(32)33-16-18(3)4)24(34)30-13-7-8-21(30)23(31)28-15-19-9-11-20(27)12-10-19/h17-22H,7-16,27H2,1-6H3,(H,28,31)(H,29,32)/t19?,20?,21-,22+/m0/s1. The molecule has 0 aromatic heterocycles. The third kappa shape index (κ3) is 8.67. The Bertz CT molecular complexity index is 690. The summed E-state index contributed by atoms with van der Waals surface area (Å²) in [5.74, 6) is 1.24. The SMILES string of the molecule is CC(C)COC(=O)N[C@H](C(=S)N1CCC[C@H]1C(=O)NCC1CCC(N)CC1)C(C)(C)CC(C)C. The summed E-state index contributed by atoms with van der Waals surface area (Å²) in [6.07, 6.45) is 6.33. The predicted octanol–water partition coefficient (Wildman–Crippen LogP) is 4.24. The minimum Gasteiger partial charge on any atom is -0.449 e. The summed E-state index contributed by atoms with van der Waals surface area (Å²) in [6, 6.07) is -0.373. The normalized spacial score (nSPS) is 24.3. The third-order valence-electron chi connectivity index (χ3n) is 7.07. The number of carbonyl (C=O) groups is 2. The van der Waals surface area contributed by atoms with Crippen LogP contribution in [-0.2, 0) is 9.53 Å². The molecule has 1 saturated heterocycles. The second-order valence-corrected chi connectivity index (χ2v) is 12.3. The number of hydrogen-bond donors (Lipinski definition) is 3. The van der Waals surface area contributed by atoms with E-state index in [4.69, 9.17) is 22.7 Å². The van der Waals surface area contributed by atoms with E-state index in [2.05, 4.69) is 38.3 Å². The maximum Gasteiger partial charge on any atom is 0.407 e. The van der Waals surface area contributed by atoms with Crippen LogP contribution in [0.1, 0.15) is 86.5 Å². The Kier molecular flexibility index (Phi) is 11.1. The van der Waals surface area contributed by atoms with Gasteiger partial charge in [0.25, 0.3) is 0 Å². The molecule has 34 heavy (non-hydrogen) atoms. The maximum atomic E-state index is 13.2. The molecule has 1 aliphatic heterocycles. The second kappa shape index (κ2) is 13.1. The van der Waals surface area contributed by atoms with E-state index in [-0.39, 0.29) is 23.3 Å². The average molecular weight is 497 g/mol. The number of hydrogen-bond acceptors (Lipinski definition) is 5. The highest BCUT2D eigenvalue weighted by atomic mass is 32.1. The molecule has 0 unspecified atom stereocenters. The van der Waals surface area contributed by atoms with Crippen LogP contribution in [0, 0.1) is 23.2 Å². The van der Waals surface area contributed by atoms with Crippen LogP contribution in [0.25, 0.3) is 0 Å². The lowest BCUT2D eigenvalue weighted by Crippen LogP contribution is -2.58. The lowest BCUT2D eigenvalue weighted by atomic mass is 9.77. The molecule has 196 valence electrons. The summed E-state index contributed by atoms with van der Waals surface area (Å²) >= 11 is 5.97. The number of thiocarbonyl (C=S) groups is 1. The summed E-state index contributed by atoms with van der Waals surface area (Å²) in [6.45, 7) is 14.4. The summed E-state index contributed by atoms with van der Waals surface area (Å²) in [7, 11) is 0. The Morgan fingerprint density at radius 3 is 2.32 bits per heavy atom. The molecule has 0 aromatic rings. The van der Waals surface area contributed by atoms with Crippen molar-refractivity contribution in [3.63, 3.8) is 0 Å². The van der Waals surface area contributed by atoms with Crippen LogP contribution in [0.3, 0.4) is 0 Å². The number of amides is 2. The topological polar surface area (TPSA) is 96.7 Å². The van der Waals surface area contributed by atoms with E-state index in [0.29, 0.717) is 36.0 Å². The van der Waals surface area contributed by atoms with Crippen LogP contribution in [0.2, 0.25) is 0 Å². The van der Waals surface area contributed by atoms with Gasteiger partial charge in [-0.05, 0) is 68.1 Å². The summed E-state index contributed by atoms with van der Waals surface area (Å²) in [5.41, 5.74) is 5.73. The van der Waals surface area contributed by atoms with Crippen molar-refractivity contribution in [1.82, 2.24) is 15.5 Å². The lowest BCUT2D eigenvalue weighted by Gasteiger charge is -2.40. The van der Waals surface area contributed by atoms with Crippen molar-refractivity contribution >= 4 is 29.2 Å². The summed E-state index contributed by atoms with van der Waals surface area (Å²) in [5, 5.41) is 6.24. The molecule has 2 aliphatic rings. The van der Waals surface area contributed by atoms with Crippen LogP contribution in [0.5, 0.6) is 0 Å². The lowest BCUT2D eigenvalue weighted by molar-refractivity contribution is -0.124. The molecule has 1 aliphatic carbocycles. The molecule has 0 radical (unpaired) electrons. The highest BCUT2D eigenvalue weighted by Crippen LogP contribution is 2.33. The zero-order chi connectivity index (χ0) is 25.5. The first kappa shape index (κ1) is 28.8. The molecule has 0 aromatic carbocycles. The Morgan fingerprint density at radius 1 is 1.09 bits per heavy atom. The summed E-state index contributed by atoms with van der Waals surface area (Å²) < 4.78 is 5.42. The van der Waals surface area contributed by atoms with Gasteiger partial charge in [0.15, 0.2) is 0 Å². The number of nitrogens with one attached hydrogen (secondary N) is 2. The van der Waals surface area contributed by atoms with E-state index in [0.717, 1.165) is 51.5 Å². The summed E-state index contributed by atoms with van der Waals surface area (Å²) in [4.78, 5) is 28.5. The van der Waals surface area contributed by atoms with Gasteiger partial charge in [0.05, 0.1) is 12.6 Å². The first-order valence-corrected chi connectivity index (χ1v) is 13.6. The highest BCUT2D eigenvalue weighted by Gasteiger charge is 2.41. The van der Waals surface area contributed by atoms with Crippen molar-refractivity contribution in [3.05, 3.63) is 0 Å². The van der Waals surface area contributed by atoms with Crippen LogP contribution < -0.4 is 16.4 Å². The van der Waals surface area contributed by atoms with Crippen LogP contribution in [0.15, 0.2) is 0 Å². The number of nitrogens with zero attached hydrogens (tertiary/aromatic N) is 1. The largest absolute Gasteiger partial charge is 0.449 e. The van der Waals surface area contributed by atoms with Gasteiger partial charge in [0, 0.05) is 19.1 Å². The first-order valence-electron chi connectivity index (χ1n) is 13.2. The molecule has 8 heteroatoms. The number of nitrogens with two attached hydrogens (primary N) is 1. The molecule has 2 atom stereocenters. The molecule has 2 amide bonds. The minimum absolute atomic E-state index is 0.0394. The Morgan fingerprint density at radius 2 is 1.74 bits per heavy atom. The number of likely N-dealkylation sites (tertiary alicyclic amines) is 1. The fourth-order valence-electron chi connectivity index (χ4n) is 5.39. The zero-order valence-corrected chi connectivity index (χ0v) is 23.0. The van der Waals surface area contributed by atoms with Gasteiger partial charge >= 0.3 is 6.09 Å². The number of rotatable bonds is 10. The van der Waals surface area contributed by atoms with Crippen molar-refractivity contribution in [2.45, 2.75) is 105 Å². The minimum atomic E-state index is -0.450. The van der Waals surface area contributed by atoms with E-state index in [1.54, 1.807) is 0 Å². The monoisotopic (exact) mass is 496 g/mol. The Hall–Kier alpha value is -1.41. The molecule has 0 spiro atoms. The Balaban J connectivity index is 2.08. The number of carbonyl (C=O) groups excluding carboxylic acids is 2. The van der Waals surface area contributed by atoms with Crippen LogP contribution in [-0.4, -0.2) is 59.7 Å². The van der Waals surface area contributed by atoms with Crippen molar-refractivity contribution in [3.8, 4) is 0 Å². The molecule has 1 saturated carbocycles. The predicted molar refractivity (Wildman–Crippen MR) is 142 cm³/mol. The molecule has 1 heterocycles. The van der Waals surface area contributed by atoms with E-state index in [1.165, 1.54) is 0 Å². The third-order valence-corrected chi connectivity index (χ3v) is 7.54. The first-order chi connectivity index (χ1) is 15.9. The highest BCUT2D eigenvalue weighted by molar-refractivity contribution is 7.80. The zero-order valence-electron chi connectivity index (χ0n) is 22.2.